The SMILES string of the molecule is CC(C=CC(C)C1CC(O)C2C1(C)CCC1C3(C)CCC(OC4OCC(O)C(O)C4O)CC3C(O)CC12O)C(C)COS(=O)(=O)O. The molecular weight excluding hydrogens is 620 g/mol. The van der Waals surface area contributed by atoms with Crippen LogP contribution in [0.5, 0.6) is 0 Å². The van der Waals surface area contributed by atoms with Crippen molar-refractivity contribution >= 4 is 10.4 Å². The monoisotopic (exact) mass is 676 g/mol. The van der Waals surface area contributed by atoms with Gasteiger partial charge in [0.2, 0.25) is 0 Å². The summed E-state index contributed by atoms with van der Waals surface area (Å²) in [5, 5.41) is 66.2. The first-order chi connectivity index (χ1) is 21.3. The molecule has 1 saturated heterocycles. The Labute approximate surface area is 273 Å². The Balaban J connectivity index is 1.28. The lowest BCUT2D eigenvalue weighted by atomic mass is 9.42. The number of allylic oxidation sites excluding steroid dienone is 2. The van der Waals surface area contributed by atoms with Gasteiger partial charge in [-0.3, -0.25) is 4.55 Å². The summed E-state index contributed by atoms with van der Waals surface area (Å²) in [6.45, 7) is 9.98. The fraction of sp³-hybridized carbons (Fsp3) is 0.939. The molecule has 1 heterocycles. The molecule has 4 aliphatic carbocycles. The van der Waals surface area contributed by atoms with E-state index in [1.807, 2.05) is 19.9 Å². The average molecular weight is 677 g/mol. The molecule has 0 aromatic carbocycles. The lowest BCUT2D eigenvalue weighted by Gasteiger charge is -2.66. The van der Waals surface area contributed by atoms with Crippen LogP contribution in [0.25, 0.3) is 0 Å². The largest absolute Gasteiger partial charge is 0.397 e. The molecular formula is C33H56O12S. The fourth-order valence-electron chi connectivity index (χ4n) is 10.6. The van der Waals surface area contributed by atoms with E-state index in [0.29, 0.717) is 25.7 Å². The summed E-state index contributed by atoms with van der Waals surface area (Å²) in [5.41, 5.74) is -2.00. The van der Waals surface area contributed by atoms with Crippen molar-refractivity contribution in [2.24, 2.45) is 52.3 Å². The van der Waals surface area contributed by atoms with Crippen molar-refractivity contribution in [1.29, 1.82) is 0 Å². The highest BCUT2D eigenvalue weighted by molar-refractivity contribution is 7.80. The van der Waals surface area contributed by atoms with Gasteiger partial charge in [-0.1, -0.05) is 46.8 Å². The summed E-state index contributed by atoms with van der Waals surface area (Å²) >= 11 is 0. The van der Waals surface area contributed by atoms with E-state index in [9.17, 15) is 39.1 Å². The van der Waals surface area contributed by atoms with Crippen LogP contribution >= 0.6 is 0 Å². The lowest BCUT2D eigenvalue weighted by Crippen LogP contribution is -2.68. The number of ether oxygens (including phenoxy) is 2. The van der Waals surface area contributed by atoms with Crippen molar-refractivity contribution in [2.75, 3.05) is 13.2 Å². The molecule has 266 valence electrons. The van der Waals surface area contributed by atoms with Gasteiger partial charge in [0.05, 0.1) is 37.1 Å². The van der Waals surface area contributed by atoms with Crippen molar-refractivity contribution < 1.29 is 57.3 Å². The number of hydrogen-bond acceptors (Lipinski definition) is 11. The Morgan fingerprint density at radius 2 is 1.59 bits per heavy atom. The standard InChI is InChI=1S/C33H56O12S/c1-17(19(3)15-44-46(40,41)42)6-7-18(2)21-13-23(34)29-32(21,5)11-9-26-31(4)10-8-20(12-22(31)24(35)14-33(26,29)39)45-30-28(38)27(37)25(36)16-43-30/h6-7,17-30,34-39H,8-16H2,1-5H3,(H,40,41,42). The summed E-state index contributed by atoms with van der Waals surface area (Å²) < 4.78 is 47.0. The molecule has 7 N–H and O–H groups in total. The third-order valence-corrected chi connectivity index (χ3v) is 13.7. The van der Waals surface area contributed by atoms with Crippen LogP contribution in [0.2, 0.25) is 0 Å². The third-order valence-electron chi connectivity index (χ3n) is 13.2. The minimum absolute atomic E-state index is 0.0202. The third kappa shape index (κ3) is 6.60. The molecule has 17 atom stereocenters. The summed E-state index contributed by atoms with van der Waals surface area (Å²) in [4.78, 5) is 0. The molecule has 1 aliphatic heterocycles. The summed E-state index contributed by atoms with van der Waals surface area (Å²) in [5.74, 6) is -0.703. The molecule has 0 spiro atoms. The highest BCUT2D eigenvalue weighted by Crippen LogP contribution is 2.69. The van der Waals surface area contributed by atoms with E-state index < -0.39 is 64.1 Å². The van der Waals surface area contributed by atoms with Crippen LogP contribution in [-0.4, -0.2) is 105 Å². The predicted molar refractivity (Wildman–Crippen MR) is 166 cm³/mol. The topological polar surface area (TPSA) is 203 Å². The maximum atomic E-state index is 12.6. The van der Waals surface area contributed by atoms with Gasteiger partial charge < -0.3 is 40.1 Å². The van der Waals surface area contributed by atoms with Gasteiger partial charge in [-0.25, -0.2) is 4.18 Å². The van der Waals surface area contributed by atoms with Crippen LogP contribution in [0.3, 0.4) is 0 Å². The summed E-state index contributed by atoms with van der Waals surface area (Å²) in [6, 6.07) is 0. The second-order valence-corrected chi connectivity index (χ2v) is 17.0. The van der Waals surface area contributed by atoms with E-state index in [2.05, 4.69) is 31.0 Å². The van der Waals surface area contributed by atoms with Crippen molar-refractivity contribution in [1.82, 2.24) is 0 Å². The lowest BCUT2D eigenvalue weighted by molar-refractivity contribution is -0.300. The number of aliphatic hydroxyl groups excluding tert-OH is 5. The van der Waals surface area contributed by atoms with Crippen LogP contribution in [0.15, 0.2) is 12.2 Å². The highest BCUT2D eigenvalue weighted by atomic mass is 32.3. The normalized spacial score (nSPS) is 50.0. The molecule has 0 bridgehead atoms. The van der Waals surface area contributed by atoms with E-state index in [-0.39, 0.29) is 66.7 Å². The minimum Gasteiger partial charge on any atom is -0.393 e. The van der Waals surface area contributed by atoms with Crippen LogP contribution < -0.4 is 0 Å². The van der Waals surface area contributed by atoms with Gasteiger partial charge in [0.25, 0.3) is 0 Å². The molecule has 12 nitrogen and oxygen atoms in total. The minimum atomic E-state index is -4.50. The van der Waals surface area contributed by atoms with Gasteiger partial charge in [0.15, 0.2) is 6.29 Å². The first-order valence-electron chi connectivity index (χ1n) is 17.0. The van der Waals surface area contributed by atoms with Crippen molar-refractivity contribution in [3.05, 3.63) is 12.2 Å². The van der Waals surface area contributed by atoms with Gasteiger partial charge in [0.1, 0.15) is 18.3 Å². The number of hydrogen-bond donors (Lipinski definition) is 7. The van der Waals surface area contributed by atoms with Gasteiger partial charge in [-0.15, -0.1) is 0 Å². The number of aliphatic hydroxyl groups is 6. The first-order valence-corrected chi connectivity index (χ1v) is 18.4. The summed E-state index contributed by atoms with van der Waals surface area (Å²) in [6.07, 6.45) is 1.38. The molecule has 0 aromatic heterocycles. The molecule has 46 heavy (non-hydrogen) atoms. The van der Waals surface area contributed by atoms with E-state index in [0.717, 1.165) is 12.8 Å². The second kappa shape index (κ2) is 13.2. The van der Waals surface area contributed by atoms with E-state index in [1.54, 1.807) is 0 Å². The number of fused-ring (bicyclic) bond motifs is 5. The molecule has 0 aromatic rings. The Morgan fingerprint density at radius 1 is 0.913 bits per heavy atom. The Morgan fingerprint density at radius 3 is 2.26 bits per heavy atom. The van der Waals surface area contributed by atoms with Gasteiger partial charge in [-0.05, 0) is 84.9 Å². The maximum absolute atomic E-state index is 12.6. The zero-order valence-corrected chi connectivity index (χ0v) is 28.5. The molecule has 5 rings (SSSR count). The zero-order valence-electron chi connectivity index (χ0n) is 27.7. The maximum Gasteiger partial charge on any atom is 0.397 e. The molecule has 5 fully saturated rings. The first kappa shape index (κ1) is 36.6. The van der Waals surface area contributed by atoms with Crippen LogP contribution in [0.1, 0.15) is 79.6 Å². The molecule has 17 unspecified atom stereocenters. The number of rotatable bonds is 9. The Hall–Kier alpha value is -0.710. The molecule has 4 saturated carbocycles. The summed E-state index contributed by atoms with van der Waals surface area (Å²) in [7, 11) is -4.50. The van der Waals surface area contributed by atoms with E-state index in [1.165, 1.54) is 0 Å². The second-order valence-electron chi connectivity index (χ2n) is 15.9. The van der Waals surface area contributed by atoms with Crippen LogP contribution in [-0.2, 0) is 24.1 Å². The predicted octanol–water partition coefficient (Wildman–Crippen LogP) is 1.81. The molecule has 0 radical (unpaired) electrons. The smallest absolute Gasteiger partial charge is 0.393 e. The fourth-order valence-corrected chi connectivity index (χ4v) is 10.9. The Kier molecular flexibility index (Phi) is 10.5. The molecule has 13 heteroatoms. The molecule has 0 amide bonds. The molecule has 5 aliphatic rings. The van der Waals surface area contributed by atoms with Crippen LogP contribution in [0.4, 0.5) is 0 Å². The van der Waals surface area contributed by atoms with E-state index >= 15 is 0 Å². The van der Waals surface area contributed by atoms with Gasteiger partial charge >= 0.3 is 10.4 Å². The van der Waals surface area contributed by atoms with Crippen molar-refractivity contribution in [3.63, 3.8) is 0 Å². The van der Waals surface area contributed by atoms with Gasteiger partial charge in [0, 0.05) is 12.3 Å². The van der Waals surface area contributed by atoms with Crippen LogP contribution in [0, 0.1) is 52.3 Å². The highest BCUT2D eigenvalue weighted by Gasteiger charge is 2.70. The van der Waals surface area contributed by atoms with Crippen molar-refractivity contribution in [2.45, 2.75) is 128 Å². The Bertz CT molecular complexity index is 1210. The average Bonchev–Trinajstić information content (AvgIpc) is 3.25. The van der Waals surface area contributed by atoms with E-state index in [4.69, 9.17) is 14.0 Å². The zero-order chi connectivity index (χ0) is 34.0. The van der Waals surface area contributed by atoms with Gasteiger partial charge in [-0.2, -0.15) is 8.42 Å². The quantitative estimate of drug-likeness (QED) is 0.106. The van der Waals surface area contributed by atoms with Crippen molar-refractivity contribution in [3.8, 4) is 0 Å².